The highest BCUT2D eigenvalue weighted by Crippen LogP contribution is 2.14. The van der Waals surface area contributed by atoms with Gasteiger partial charge in [-0.2, -0.15) is 4.98 Å². The molecule has 1 aromatic heterocycles. The summed E-state index contributed by atoms with van der Waals surface area (Å²) in [5, 5.41) is 10.2. The Bertz CT molecular complexity index is 422. The molecule has 0 spiro atoms. The van der Waals surface area contributed by atoms with Crippen molar-refractivity contribution in [2.24, 2.45) is 0 Å². The van der Waals surface area contributed by atoms with Gasteiger partial charge in [0.15, 0.2) is 5.82 Å². The maximum atomic E-state index is 4.37. The van der Waals surface area contributed by atoms with Gasteiger partial charge >= 0.3 is 0 Å². The number of nitrogens with zero attached hydrogens (tertiary/aromatic N) is 2. The maximum absolute atomic E-state index is 4.37. The van der Waals surface area contributed by atoms with Crippen molar-refractivity contribution in [3.63, 3.8) is 0 Å². The number of nitrogens with one attached hydrogen (secondary N) is 2. The van der Waals surface area contributed by atoms with Gasteiger partial charge in [-0.05, 0) is 6.42 Å². The Morgan fingerprint density at radius 1 is 1.25 bits per heavy atom. The van der Waals surface area contributed by atoms with E-state index in [4.69, 9.17) is 0 Å². The Labute approximate surface area is 95.1 Å². The molecule has 4 nitrogen and oxygen atoms in total. The number of benzene rings is 1. The number of hydrogen-bond donors (Lipinski definition) is 2. The highest BCUT2D eigenvalue weighted by Gasteiger charge is 2.03. The summed E-state index contributed by atoms with van der Waals surface area (Å²) in [5.41, 5.74) is 1.05. The zero-order chi connectivity index (χ0) is 11.2. The first kappa shape index (κ1) is 10.7. The van der Waals surface area contributed by atoms with Crippen LogP contribution in [0.3, 0.4) is 0 Å². The second kappa shape index (κ2) is 5.30. The molecular formula is C12H16N4. The largest absolute Gasteiger partial charge is 0.353 e. The van der Waals surface area contributed by atoms with E-state index >= 15 is 0 Å². The minimum Gasteiger partial charge on any atom is -0.353 e. The van der Waals surface area contributed by atoms with Gasteiger partial charge in [0.25, 0.3) is 0 Å². The molecule has 16 heavy (non-hydrogen) atoms. The molecule has 0 saturated heterocycles. The fourth-order valence-electron chi connectivity index (χ4n) is 1.44. The van der Waals surface area contributed by atoms with Crippen LogP contribution in [0.1, 0.15) is 19.8 Å². The first-order chi connectivity index (χ1) is 7.90. The van der Waals surface area contributed by atoms with Crippen molar-refractivity contribution in [3.8, 4) is 11.4 Å². The van der Waals surface area contributed by atoms with Crippen LogP contribution in [-0.4, -0.2) is 21.7 Å². The number of anilines is 1. The average molecular weight is 216 g/mol. The Hall–Kier alpha value is -1.84. The van der Waals surface area contributed by atoms with Crippen molar-refractivity contribution < 1.29 is 0 Å². The third-order valence-electron chi connectivity index (χ3n) is 2.35. The molecule has 0 aliphatic heterocycles. The monoisotopic (exact) mass is 216 g/mol. The first-order valence-electron chi connectivity index (χ1n) is 5.62. The highest BCUT2D eigenvalue weighted by molar-refractivity contribution is 5.55. The van der Waals surface area contributed by atoms with E-state index in [1.54, 1.807) is 0 Å². The standard InChI is InChI=1S/C12H16N4/c1-2-3-9-13-12-14-11(15-16-12)10-7-5-4-6-8-10/h4-8H,2-3,9H2,1H3,(H2,13,14,15,16). The minimum atomic E-state index is 0.673. The number of unbranched alkanes of at least 4 members (excludes halogenated alkanes) is 1. The van der Waals surface area contributed by atoms with E-state index in [-0.39, 0.29) is 0 Å². The normalized spacial score (nSPS) is 10.3. The molecule has 0 unspecified atom stereocenters. The van der Waals surface area contributed by atoms with E-state index in [0.29, 0.717) is 5.95 Å². The first-order valence-corrected chi connectivity index (χ1v) is 5.62. The van der Waals surface area contributed by atoms with E-state index in [0.717, 1.165) is 24.4 Å². The molecule has 0 atom stereocenters. The van der Waals surface area contributed by atoms with Gasteiger partial charge in [-0.3, -0.25) is 5.10 Å². The third-order valence-corrected chi connectivity index (χ3v) is 2.35. The Kier molecular flexibility index (Phi) is 3.53. The van der Waals surface area contributed by atoms with Gasteiger partial charge in [-0.15, -0.1) is 5.10 Å². The maximum Gasteiger partial charge on any atom is 0.242 e. The van der Waals surface area contributed by atoms with Crippen molar-refractivity contribution in [2.45, 2.75) is 19.8 Å². The van der Waals surface area contributed by atoms with Crippen LogP contribution in [0.4, 0.5) is 5.95 Å². The molecule has 2 rings (SSSR count). The summed E-state index contributed by atoms with van der Waals surface area (Å²) >= 11 is 0. The van der Waals surface area contributed by atoms with Gasteiger partial charge in [-0.25, -0.2) is 0 Å². The van der Waals surface area contributed by atoms with Crippen LogP contribution in [0.15, 0.2) is 30.3 Å². The molecule has 4 heteroatoms. The van der Waals surface area contributed by atoms with Crippen molar-refractivity contribution in [3.05, 3.63) is 30.3 Å². The van der Waals surface area contributed by atoms with Crippen LogP contribution in [0.5, 0.6) is 0 Å². The van der Waals surface area contributed by atoms with Crippen molar-refractivity contribution in [2.75, 3.05) is 11.9 Å². The highest BCUT2D eigenvalue weighted by atomic mass is 15.3. The Morgan fingerprint density at radius 2 is 2.06 bits per heavy atom. The Morgan fingerprint density at radius 3 is 2.81 bits per heavy atom. The van der Waals surface area contributed by atoms with Crippen molar-refractivity contribution in [1.82, 2.24) is 15.2 Å². The molecule has 0 bridgehead atoms. The molecular weight excluding hydrogens is 200 g/mol. The van der Waals surface area contributed by atoms with Gasteiger partial charge in [0.05, 0.1) is 0 Å². The molecule has 2 aromatic rings. The summed E-state index contributed by atoms with van der Waals surface area (Å²) in [4.78, 5) is 4.37. The van der Waals surface area contributed by atoms with Crippen LogP contribution < -0.4 is 5.32 Å². The molecule has 0 radical (unpaired) electrons. The van der Waals surface area contributed by atoms with Crippen LogP contribution >= 0.6 is 0 Å². The number of aromatic nitrogens is 3. The lowest BCUT2D eigenvalue weighted by Gasteiger charge is -1.97. The lowest BCUT2D eigenvalue weighted by atomic mass is 10.2. The Balaban J connectivity index is 2.02. The molecule has 84 valence electrons. The van der Waals surface area contributed by atoms with E-state index < -0.39 is 0 Å². The number of H-pyrrole nitrogens is 1. The molecule has 2 N–H and O–H groups in total. The molecule has 1 heterocycles. The van der Waals surface area contributed by atoms with Crippen LogP contribution in [0.2, 0.25) is 0 Å². The SMILES string of the molecule is CCCCNc1n[nH]c(-c2ccccc2)n1. The summed E-state index contributed by atoms with van der Waals surface area (Å²) in [5.74, 6) is 1.48. The predicted molar refractivity (Wildman–Crippen MR) is 65.2 cm³/mol. The third kappa shape index (κ3) is 2.59. The van der Waals surface area contributed by atoms with Gasteiger partial charge in [0.2, 0.25) is 5.95 Å². The summed E-state index contributed by atoms with van der Waals surface area (Å²) in [6.45, 7) is 3.08. The van der Waals surface area contributed by atoms with Gasteiger partial charge in [-0.1, -0.05) is 43.7 Å². The summed E-state index contributed by atoms with van der Waals surface area (Å²) in [6, 6.07) is 9.98. The summed E-state index contributed by atoms with van der Waals surface area (Å²) in [6.07, 6.45) is 2.30. The van der Waals surface area contributed by atoms with Gasteiger partial charge in [0.1, 0.15) is 0 Å². The van der Waals surface area contributed by atoms with Crippen molar-refractivity contribution in [1.29, 1.82) is 0 Å². The summed E-state index contributed by atoms with van der Waals surface area (Å²) in [7, 11) is 0. The number of rotatable bonds is 5. The number of hydrogen-bond acceptors (Lipinski definition) is 3. The molecule has 0 aliphatic rings. The van der Waals surface area contributed by atoms with E-state index in [1.807, 2.05) is 30.3 Å². The van der Waals surface area contributed by atoms with E-state index in [9.17, 15) is 0 Å². The predicted octanol–water partition coefficient (Wildman–Crippen LogP) is 2.68. The minimum absolute atomic E-state index is 0.673. The van der Waals surface area contributed by atoms with Crippen LogP contribution in [-0.2, 0) is 0 Å². The van der Waals surface area contributed by atoms with Crippen molar-refractivity contribution >= 4 is 5.95 Å². The molecule has 1 aromatic carbocycles. The molecule has 0 saturated carbocycles. The lowest BCUT2D eigenvalue weighted by molar-refractivity contribution is 0.827. The lowest BCUT2D eigenvalue weighted by Crippen LogP contribution is -2.02. The fraction of sp³-hybridized carbons (Fsp3) is 0.333. The second-order valence-corrected chi connectivity index (χ2v) is 3.65. The quantitative estimate of drug-likeness (QED) is 0.755. The summed E-state index contributed by atoms with van der Waals surface area (Å²) < 4.78 is 0. The molecule has 0 aliphatic carbocycles. The molecule has 0 fully saturated rings. The topological polar surface area (TPSA) is 53.6 Å². The van der Waals surface area contributed by atoms with Crippen LogP contribution in [0.25, 0.3) is 11.4 Å². The second-order valence-electron chi connectivity index (χ2n) is 3.65. The number of aromatic amines is 1. The smallest absolute Gasteiger partial charge is 0.242 e. The zero-order valence-corrected chi connectivity index (χ0v) is 9.40. The van der Waals surface area contributed by atoms with Gasteiger partial charge in [0, 0.05) is 12.1 Å². The average Bonchev–Trinajstić information content (AvgIpc) is 2.79. The van der Waals surface area contributed by atoms with Gasteiger partial charge < -0.3 is 5.32 Å². The zero-order valence-electron chi connectivity index (χ0n) is 9.40. The molecule has 0 amide bonds. The van der Waals surface area contributed by atoms with Crippen LogP contribution in [0, 0.1) is 0 Å². The van der Waals surface area contributed by atoms with E-state index in [1.165, 1.54) is 6.42 Å². The fourth-order valence-corrected chi connectivity index (χ4v) is 1.44. The van der Waals surface area contributed by atoms with E-state index in [2.05, 4.69) is 27.4 Å².